The normalized spacial score (nSPS) is 15.2. The molecule has 1 amide bonds. The first kappa shape index (κ1) is 30.6. The number of amides is 1. The van der Waals surface area contributed by atoms with Crippen molar-refractivity contribution in [2.24, 2.45) is 0 Å². The second-order valence-corrected chi connectivity index (χ2v) is 9.87. The molecule has 1 fully saturated rings. The zero-order valence-corrected chi connectivity index (χ0v) is 24.0. The van der Waals surface area contributed by atoms with Crippen molar-refractivity contribution in [1.82, 2.24) is 14.9 Å². The number of fused-ring (bicyclic) bond motifs is 1. The van der Waals surface area contributed by atoms with Crippen molar-refractivity contribution < 1.29 is 28.1 Å². The molecule has 0 radical (unpaired) electrons. The Morgan fingerprint density at radius 1 is 1.20 bits per heavy atom. The van der Waals surface area contributed by atoms with Crippen molar-refractivity contribution in [1.29, 1.82) is 0 Å². The van der Waals surface area contributed by atoms with Gasteiger partial charge >= 0.3 is 0 Å². The Kier molecular flexibility index (Phi) is 11.6. The second kappa shape index (κ2) is 15.6. The highest BCUT2D eigenvalue weighted by Crippen LogP contribution is 2.34. The molecule has 2 N–H and O–H groups in total. The number of nitrogens with one attached hydrogen (secondary N) is 2. The molecule has 1 aromatic heterocycles. The monoisotopic (exact) mass is 587 g/mol. The maximum Gasteiger partial charge on any atom is 0.248 e. The van der Waals surface area contributed by atoms with Crippen LogP contribution < -0.4 is 15.4 Å². The molecule has 0 saturated carbocycles. The van der Waals surface area contributed by atoms with Gasteiger partial charge in [0.2, 0.25) is 5.91 Å². The summed E-state index contributed by atoms with van der Waals surface area (Å²) in [5.74, 6) is 0.0881. The molecular weight excluding hydrogens is 553 g/mol. The van der Waals surface area contributed by atoms with Gasteiger partial charge in [-0.1, -0.05) is 17.7 Å². The van der Waals surface area contributed by atoms with Crippen LogP contribution >= 0.6 is 11.6 Å². The number of carbonyl (C=O) groups excluding carboxylic acids is 1. The molecule has 220 valence electrons. The van der Waals surface area contributed by atoms with E-state index in [-0.39, 0.29) is 17.0 Å². The number of hydrogen-bond acceptors (Lipinski definition) is 9. The minimum absolute atomic E-state index is 0.00909. The molecule has 41 heavy (non-hydrogen) atoms. The van der Waals surface area contributed by atoms with Gasteiger partial charge in [-0.05, 0) is 37.1 Å². The predicted molar refractivity (Wildman–Crippen MR) is 157 cm³/mol. The van der Waals surface area contributed by atoms with Gasteiger partial charge < -0.3 is 29.6 Å². The fourth-order valence-corrected chi connectivity index (χ4v) is 4.47. The van der Waals surface area contributed by atoms with Gasteiger partial charge in [0.1, 0.15) is 30.3 Å². The van der Waals surface area contributed by atoms with Crippen molar-refractivity contribution in [3.63, 3.8) is 0 Å². The van der Waals surface area contributed by atoms with E-state index in [0.29, 0.717) is 79.9 Å². The van der Waals surface area contributed by atoms with Crippen LogP contribution in [0.1, 0.15) is 12.8 Å². The summed E-state index contributed by atoms with van der Waals surface area (Å²) in [6.07, 6.45) is 6.59. The largest absolute Gasteiger partial charge is 0.489 e. The van der Waals surface area contributed by atoms with Gasteiger partial charge in [0.05, 0.1) is 35.5 Å². The molecule has 4 rings (SSSR count). The average molecular weight is 588 g/mol. The Morgan fingerprint density at radius 2 is 2.00 bits per heavy atom. The molecule has 1 atom stereocenters. The number of halogens is 2. The fraction of sp³-hybridized carbons (Fsp3) is 0.414. The van der Waals surface area contributed by atoms with Gasteiger partial charge in [0, 0.05) is 63.7 Å². The summed E-state index contributed by atoms with van der Waals surface area (Å²) in [4.78, 5) is 23.8. The minimum atomic E-state index is -0.517. The fourth-order valence-electron chi connectivity index (χ4n) is 4.29. The third kappa shape index (κ3) is 9.07. The number of benzene rings is 2. The highest BCUT2D eigenvalue weighted by molar-refractivity contribution is 6.31. The zero-order valence-electron chi connectivity index (χ0n) is 23.2. The average Bonchev–Trinajstić information content (AvgIpc) is 3.49. The molecule has 1 saturated heterocycles. The van der Waals surface area contributed by atoms with Crippen LogP contribution in [0.4, 0.5) is 21.6 Å². The zero-order chi connectivity index (χ0) is 29.0. The topological polar surface area (TPSA) is 107 Å². The Morgan fingerprint density at radius 3 is 2.71 bits per heavy atom. The number of methoxy groups -OCH3 is 2. The lowest BCUT2D eigenvalue weighted by atomic mass is 10.1. The number of ether oxygens (including phenoxy) is 4. The van der Waals surface area contributed by atoms with Gasteiger partial charge in [0.25, 0.3) is 0 Å². The number of carbonyl (C=O) groups is 1. The quantitative estimate of drug-likeness (QED) is 0.242. The lowest BCUT2D eigenvalue weighted by Crippen LogP contribution is -2.31. The Hall–Kier alpha value is -3.35. The summed E-state index contributed by atoms with van der Waals surface area (Å²) in [6, 6.07) is 7.81. The summed E-state index contributed by atoms with van der Waals surface area (Å²) < 4.78 is 35.8. The van der Waals surface area contributed by atoms with E-state index in [1.54, 1.807) is 38.5 Å². The summed E-state index contributed by atoms with van der Waals surface area (Å²) in [7, 11) is 3.31. The van der Waals surface area contributed by atoms with Crippen LogP contribution in [-0.4, -0.2) is 87.2 Å². The highest BCUT2D eigenvalue weighted by atomic mass is 35.5. The van der Waals surface area contributed by atoms with Crippen molar-refractivity contribution >= 4 is 45.6 Å². The van der Waals surface area contributed by atoms with Crippen LogP contribution in [0.5, 0.6) is 5.75 Å². The van der Waals surface area contributed by atoms with E-state index < -0.39 is 5.82 Å². The molecule has 1 aliphatic heterocycles. The summed E-state index contributed by atoms with van der Waals surface area (Å²) in [6.45, 7) is 4.20. The van der Waals surface area contributed by atoms with Crippen molar-refractivity contribution in [3.05, 3.63) is 59.7 Å². The number of nitrogens with zero attached hydrogens (tertiary/aromatic N) is 3. The number of rotatable bonds is 15. The molecule has 2 aromatic carbocycles. The van der Waals surface area contributed by atoms with Crippen LogP contribution in [0.2, 0.25) is 5.02 Å². The summed E-state index contributed by atoms with van der Waals surface area (Å²) >= 11 is 5.96. The molecule has 3 aromatic rings. The summed E-state index contributed by atoms with van der Waals surface area (Å²) in [5, 5.41) is 6.70. The van der Waals surface area contributed by atoms with Crippen LogP contribution in [0, 0.1) is 5.82 Å². The van der Waals surface area contributed by atoms with Crippen LogP contribution in [-0.2, 0) is 19.0 Å². The third-order valence-electron chi connectivity index (χ3n) is 6.48. The number of hydrogen-bond donors (Lipinski definition) is 2. The molecule has 1 unspecified atom stereocenters. The molecule has 2 heterocycles. The van der Waals surface area contributed by atoms with Gasteiger partial charge in [-0.25, -0.2) is 14.4 Å². The number of anilines is 3. The van der Waals surface area contributed by atoms with E-state index in [1.165, 1.54) is 24.5 Å². The van der Waals surface area contributed by atoms with E-state index in [1.807, 2.05) is 0 Å². The molecule has 1 aliphatic rings. The van der Waals surface area contributed by atoms with Crippen LogP contribution in [0.25, 0.3) is 10.9 Å². The predicted octanol–water partition coefficient (Wildman–Crippen LogP) is 4.81. The van der Waals surface area contributed by atoms with E-state index in [4.69, 9.17) is 30.5 Å². The Balaban J connectivity index is 1.56. The third-order valence-corrected chi connectivity index (χ3v) is 6.77. The van der Waals surface area contributed by atoms with Crippen molar-refractivity contribution in [3.8, 4) is 5.75 Å². The van der Waals surface area contributed by atoms with Crippen molar-refractivity contribution in [2.75, 3.05) is 70.9 Å². The number of aromatic nitrogens is 2. The molecular formula is C29H35ClFN5O5. The second-order valence-electron chi connectivity index (χ2n) is 9.47. The van der Waals surface area contributed by atoms with Gasteiger partial charge in [-0.3, -0.25) is 9.69 Å². The lowest BCUT2D eigenvalue weighted by Gasteiger charge is -2.19. The van der Waals surface area contributed by atoms with Crippen LogP contribution in [0.15, 0.2) is 48.8 Å². The maximum absolute atomic E-state index is 13.7. The smallest absolute Gasteiger partial charge is 0.248 e. The molecule has 0 spiro atoms. The van der Waals surface area contributed by atoms with E-state index in [9.17, 15) is 9.18 Å². The minimum Gasteiger partial charge on any atom is -0.489 e. The first-order valence-electron chi connectivity index (χ1n) is 13.4. The van der Waals surface area contributed by atoms with E-state index in [2.05, 4.69) is 25.5 Å². The highest BCUT2D eigenvalue weighted by Gasteiger charge is 2.19. The van der Waals surface area contributed by atoms with Gasteiger partial charge in [-0.2, -0.15) is 0 Å². The molecule has 12 heteroatoms. The maximum atomic E-state index is 13.7. The molecule has 10 nitrogen and oxygen atoms in total. The standard InChI is InChI=1S/C29H35ClFN5O5/c1-38-13-10-36(11-14-39-2)9-3-6-28(37)35-26-16-22-25(17-27(26)41-18-21-5-4-12-40-21)32-19-33-29(22)34-20-7-8-24(31)23(30)15-20/h3,6-8,15-17,19,21H,4-5,9-14,18H2,1-2H3,(H,35,37)(H,32,33,34)/b6-3+. The van der Waals surface area contributed by atoms with Gasteiger partial charge in [-0.15, -0.1) is 0 Å². The van der Waals surface area contributed by atoms with E-state index in [0.717, 1.165) is 12.8 Å². The Bertz CT molecular complexity index is 1330. The lowest BCUT2D eigenvalue weighted by molar-refractivity contribution is -0.111. The van der Waals surface area contributed by atoms with Gasteiger partial charge in [0.15, 0.2) is 0 Å². The first-order valence-corrected chi connectivity index (χ1v) is 13.8. The molecule has 0 bridgehead atoms. The van der Waals surface area contributed by atoms with Crippen molar-refractivity contribution in [2.45, 2.75) is 18.9 Å². The molecule has 0 aliphatic carbocycles. The SMILES string of the molecule is COCCN(C/C=C/C(=O)Nc1cc2c(Nc3ccc(F)c(Cl)c3)ncnc2cc1OCC1CCCO1)CCOC. The van der Waals surface area contributed by atoms with Crippen LogP contribution in [0.3, 0.4) is 0 Å². The summed E-state index contributed by atoms with van der Waals surface area (Å²) in [5.41, 5.74) is 1.60. The van der Waals surface area contributed by atoms with E-state index >= 15 is 0 Å². The Labute approximate surface area is 243 Å². The first-order chi connectivity index (χ1) is 20.0.